The number of methoxy groups -OCH3 is 1. The summed E-state index contributed by atoms with van der Waals surface area (Å²) in [5.41, 5.74) is 3.52. The minimum Gasteiger partial charge on any atom is -0.456 e. The molecule has 0 bridgehead atoms. The monoisotopic (exact) mass is 450 g/mol. The maximum absolute atomic E-state index is 13.5. The van der Waals surface area contributed by atoms with E-state index in [0.29, 0.717) is 17.5 Å². The molecule has 0 aliphatic carbocycles. The number of ether oxygens (including phenoxy) is 2. The first-order valence-corrected chi connectivity index (χ1v) is 11.3. The third-order valence-electron chi connectivity index (χ3n) is 6.47. The fourth-order valence-electron chi connectivity index (χ4n) is 4.69. The average Bonchev–Trinajstić information content (AvgIpc) is 3.52. The Morgan fingerprint density at radius 1 is 1.18 bits per heavy atom. The fourth-order valence-corrected chi connectivity index (χ4v) is 4.69. The summed E-state index contributed by atoms with van der Waals surface area (Å²) in [5, 5.41) is 7.97. The maximum Gasteiger partial charge on any atom is 0.414 e. The molecule has 3 heterocycles. The molecular weight excluding hydrogens is 423 g/mol. The second-order valence-electron chi connectivity index (χ2n) is 8.58. The molecule has 5 rings (SSSR count). The summed E-state index contributed by atoms with van der Waals surface area (Å²) in [6, 6.07) is 10.2. The highest BCUT2D eigenvalue weighted by Crippen LogP contribution is 2.45. The van der Waals surface area contributed by atoms with Gasteiger partial charge in [0.2, 0.25) is 0 Å². The van der Waals surface area contributed by atoms with Gasteiger partial charge in [-0.1, -0.05) is 0 Å². The summed E-state index contributed by atoms with van der Waals surface area (Å²) >= 11 is 0. The Kier molecular flexibility index (Phi) is 5.76. The van der Waals surface area contributed by atoms with E-state index in [9.17, 15) is 9.18 Å². The minimum absolute atomic E-state index is 0.00656. The van der Waals surface area contributed by atoms with Crippen LogP contribution in [0.3, 0.4) is 0 Å². The minimum atomic E-state index is -0.398. The Hall–Kier alpha value is -3.39. The van der Waals surface area contributed by atoms with Gasteiger partial charge < -0.3 is 14.8 Å². The molecule has 1 fully saturated rings. The smallest absolute Gasteiger partial charge is 0.414 e. The molecule has 2 aromatic carbocycles. The van der Waals surface area contributed by atoms with E-state index in [0.717, 1.165) is 54.7 Å². The van der Waals surface area contributed by atoms with Gasteiger partial charge in [-0.15, -0.1) is 0 Å². The average molecular weight is 451 g/mol. The molecule has 1 amide bonds. The van der Waals surface area contributed by atoms with Gasteiger partial charge in [0.25, 0.3) is 0 Å². The SMILES string of the molecule is COC(=O)N1c2ccc(-c3cnn(C4CCNC4)c3)c(Oc3ccc(F)cc3)c2CC[C@@H]1C. The van der Waals surface area contributed by atoms with Crippen LogP contribution in [0.25, 0.3) is 11.1 Å². The van der Waals surface area contributed by atoms with Gasteiger partial charge in [0.1, 0.15) is 17.3 Å². The molecule has 172 valence electrons. The number of hydrogen-bond donors (Lipinski definition) is 1. The van der Waals surface area contributed by atoms with Gasteiger partial charge in [0.05, 0.1) is 25.0 Å². The largest absolute Gasteiger partial charge is 0.456 e. The van der Waals surface area contributed by atoms with Gasteiger partial charge in [-0.2, -0.15) is 5.10 Å². The van der Waals surface area contributed by atoms with Crippen molar-refractivity contribution in [2.75, 3.05) is 25.1 Å². The summed E-state index contributed by atoms with van der Waals surface area (Å²) < 4.78 is 26.9. The van der Waals surface area contributed by atoms with E-state index >= 15 is 0 Å². The van der Waals surface area contributed by atoms with Gasteiger partial charge >= 0.3 is 6.09 Å². The van der Waals surface area contributed by atoms with E-state index < -0.39 is 6.09 Å². The number of halogens is 1. The van der Waals surface area contributed by atoms with E-state index in [1.165, 1.54) is 19.2 Å². The molecule has 1 unspecified atom stereocenters. The highest BCUT2D eigenvalue weighted by atomic mass is 19.1. The van der Waals surface area contributed by atoms with Crippen molar-refractivity contribution in [2.45, 2.75) is 38.3 Å². The summed E-state index contributed by atoms with van der Waals surface area (Å²) in [7, 11) is 1.39. The number of hydrogen-bond acceptors (Lipinski definition) is 5. The van der Waals surface area contributed by atoms with Crippen molar-refractivity contribution in [3.63, 3.8) is 0 Å². The number of amides is 1. The molecule has 33 heavy (non-hydrogen) atoms. The summed E-state index contributed by atoms with van der Waals surface area (Å²) in [4.78, 5) is 14.2. The molecule has 1 saturated heterocycles. The number of aromatic nitrogens is 2. The van der Waals surface area contributed by atoms with Crippen molar-refractivity contribution in [3.8, 4) is 22.6 Å². The molecule has 1 N–H and O–H groups in total. The van der Waals surface area contributed by atoms with Crippen molar-refractivity contribution >= 4 is 11.8 Å². The van der Waals surface area contributed by atoms with Crippen molar-refractivity contribution in [1.29, 1.82) is 0 Å². The Bertz CT molecular complexity index is 1150. The van der Waals surface area contributed by atoms with Crippen molar-refractivity contribution in [2.24, 2.45) is 0 Å². The summed E-state index contributed by atoms with van der Waals surface area (Å²) in [6.45, 7) is 3.89. The Labute approximate surface area is 192 Å². The van der Waals surface area contributed by atoms with Gasteiger partial charge in [0, 0.05) is 35.5 Å². The summed E-state index contributed by atoms with van der Waals surface area (Å²) in [5.74, 6) is 0.862. The number of nitrogens with one attached hydrogen (secondary N) is 1. The van der Waals surface area contributed by atoms with Crippen molar-refractivity contribution < 1.29 is 18.7 Å². The molecular formula is C25H27FN4O3. The Morgan fingerprint density at radius 3 is 2.73 bits per heavy atom. The third-order valence-corrected chi connectivity index (χ3v) is 6.47. The molecule has 0 saturated carbocycles. The van der Waals surface area contributed by atoms with E-state index in [4.69, 9.17) is 9.47 Å². The second kappa shape index (κ2) is 8.86. The number of carbonyl (C=O) groups is 1. The highest BCUT2D eigenvalue weighted by Gasteiger charge is 2.32. The summed E-state index contributed by atoms with van der Waals surface area (Å²) in [6.07, 6.45) is 6.05. The van der Waals surface area contributed by atoms with Gasteiger partial charge in [-0.25, -0.2) is 9.18 Å². The zero-order valence-electron chi connectivity index (χ0n) is 18.8. The van der Waals surface area contributed by atoms with Crippen LogP contribution in [0.4, 0.5) is 14.9 Å². The van der Waals surface area contributed by atoms with Gasteiger partial charge in [-0.05, 0) is 69.1 Å². The predicted octanol–water partition coefficient (Wildman–Crippen LogP) is 4.92. The van der Waals surface area contributed by atoms with Crippen molar-refractivity contribution in [3.05, 3.63) is 60.2 Å². The van der Waals surface area contributed by atoms with Crippen LogP contribution in [-0.2, 0) is 11.2 Å². The Morgan fingerprint density at radius 2 is 2.00 bits per heavy atom. The lowest BCUT2D eigenvalue weighted by atomic mass is 9.92. The third kappa shape index (κ3) is 4.06. The molecule has 2 aliphatic rings. The van der Waals surface area contributed by atoms with E-state index in [-0.39, 0.29) is 11.9 Å². The van der Waals surface area contributed by atoms with Crippen LogP contribution < -0.4 is 15.0 Å². The normalized spacial score (nSPS) is 19.9. The molecule has 3 aromatic rings. The lowest BCUT2D eigenvalue weighted by molar-refractivity contribution is 0.175. The van der Waals surface area contributed by atoms with Crippen LogP contribution in [0.1, 0.15) is 31.4 Å². The number of fused-ring (bicyclic) bond motifs is 1. The van der Waals surface area contributed by atoms with Gasteiger partial charge in [-0.3, -0.25) is 9.58 Å². The maximum atomic E-state index is 13.5. The Balaban J connectivity index is 1.61. The number of rotatable bonds is 4. The van der Waals surface area contributed by atoms with Crippen molar-refractivity contribution in [1.82, 2.24) is 15.1 Å². The first-order chi connectivity index (χ1) is 16.0. The number of benzene rings is 2. The lowest BCUT2D eigenvalue weighted by Gasteiger charge is -2.35. The van der Waals surface area contributed by atoms with Crippen LogP contribution >= 0.6 is 0 Å². The van der Waals surface area contributed by atoms with E-state index in [1.54, 1.807) is 17.0 Å². The standard InChI is InChI=1S/C25H27FN4O3/c1-16-3-8-22-23(30(16)25(31)32-2)10-9-21(24(22)33-20-6-4-18(26)5-7-20)17-13-28-29(15-17)19-11-12-27-14-19/h4-7,9-10,13,15-16,19,27H,3,8,11-12,14H2,1-2H3/t16-,19?/m0/s1. The second-order valence-corrected chi connectivity index (χ2v) is 8.58. The quantitative estimate of drug-likeness (QED) is 0.611. The first-order valence-electron chi connectivity index (χ1n) is 11.3. The number of carbonyl (C=O) groups excluding carboxylic acids is 1. The first kappa shape index (κ1) is 21.5. The van der Waals surface area contributed by atoms with Crippen LogP contribution in [0.2, 0.25) is 0 Å². The molecule has 2 atom stereocenters. The lowest BCUT2D eigenvalue weighted by Crippen LogP contribution is -2.42. The molecule has 0 radical (unpaired) electrons. The van der Waals surface area contributed by atoms with E-state index in [1.807, 2.05) is 36.1 Å². The molecule has 0 spiro atoms. The molecule has 8 heteroatoms. The zero-order valence-corrected chi connectivity index (χ0v) is 18.8. The molecule has 2 aliphatic heterocycles. The van der Waals surface area contributed by atoms with Gasteiger partial charge in [0.15, 0.2) is 0 Å². The number of anilines is 1. The fraction of sp³-hybridized carbons (Fsp3) is 0.360. The molecule has 1 aromatic heterocycles. The van der Waals surface area contributed by atoms with Crippen LogP contribution in [0.15, 0.2) is 48.8 Å². The van der Waals surface area contributed by atoms with Crippen LogP contribution in [-0.4, -0.2) is 42.1 Å². The predicted molar refractivity (Wildman–Crippen MR) is 123 cm³/mol. The molecule has 7 nitrogen and oxygen atoms in total. The number of nitrogens with zero attached hydrogens (tertiary/aromatic N) is 3. The zero-order chi connectivity index (χ0) is 22.9. The highest BCUT2D eigenvalue weighted by molar-refractivity contribution is 5.92. The topological polar surface area (TPSA) is 68.6 Å². The van der Waals surface area contributed by atoms with E-state index in [2.05, 4.69) is 10.4 Å². The van der Waals surface area contributed by atoms with Crippen LogP contribution in [0, 0.1) is 5.82 Å². The van der Waals surface area contributed by atoms with Crippen LogP contribution in [0.5, 0.6) is 11.5 Å².